The minimum atomic E-state index is -0.500. The molecule has 9 heteroatoms. The quantitative estimate of drug-likeness (QED) is 0.566. The van der Waals surface area contributed by atoms with Gasteiger partial charge in [-0.3, -0.25) is 14.5 Å². The van der Waals surface area contributed by atoms with Gasteiger partial charge in [-0.1, -0.05) is 18.2 Å². The minimum Gasteiger partial charge on any atom is -0.490 e. The van der Waals surface area contributed by atoms with Crippen molar-refractivity contribution < 1.29 is 23.9 Å². The number of likely N-dealkylation sites (tertiary alicyclic amines) is 2. The molecule has 0 radical (unpaired) electrons. The number of piperidine rings is 1. The Labute approximate surface area is 236 Å². The highest BCUT2D eigenvalue weighted by molar-refractivity contribution is 5.95. The standard InChI is InChI=1S/C31H40N4O5/c1-31(2,3)40-30(38)34-15-13-27(14-16-34)39-26-11-9-24(10-12-26)29(37)35-21-25(22-35)32-17-19-33(20-18-32)28(36)23-7-5-4-6-8-23/h4-12,25,27H,13-22H2,1-3H3. The zero-order valence-corrected chi connectivity index (χ0v) is 23.8. The van der Waals surface area contributed by atoms with Gasteiger partial charge in [0.2, 0.25) is 0 Å². The topological polar surface area (TPSA) is 82.6 Å². The molecule has 0 N–H and O–H groups in total. The first-order chi connectivity index (χ1) is 19.2. The van der Waals surface area contributed by atoms with Crippen LogP contribution in [-0.2, 0) is 4.74 Å². The maximum atomic E-state index is 13.0. The van der Waals surface area contributed by atoms with Gasteiger partial charge in [-0.05, 0) is 57.2 Å². The molecule has 3 aliphatic rings. The van der Waals surface area contributed by atoms with E-state index < -0.39 is 5.60 Å². The van der Waals surface area contributed by atoms with Gasteiger partial charge >= 0.3 is 6.09 Å². The van der Waals surface area contributed by atoms with Crippen LogP contribution in [-0.4, -0.2) is 108 Å². The van der Waals surface area contributed by atoms with Gasteiger partial charge < -0.3 is 24.2 Å². The van der Waals surface area contributed by atoms with Gasteiger partial charge in [0, 0.05) is 82.4 Å². The van der Waals surface area contributed by atoms with Crippen molar-refractivity contribution in [3.05, 3.63) is 65.7 Å². The van der Waals surface area contributed by atoms with Crippen molar-refractivity contribution in [1.82, 2.24) is 19.6 Å². The third-order valence-corrected chi connectivity index (χ3v) is 7.79. The van der Waals surface area contributed by atoms with Crippen LogP contribution in [0.15, 0.2) is 54.6 Å². The van der Waals surface area contributed by atoms with E-state index in [9.17, 15) is 14.4 Å². The molecule has 3 fully saturated rings. The maximum absolute atomic E-state index is 13.0. The summed E-state index contributed by atoms with van der Waals surface area (Å²) in [5.41, 5.74) is 0.889. The summed E-state index contributed by atoms with van der Waals surface area (Å²) in [5, 5.41) is 0. The zero-order valence-electron chi connectivity index (χ0n) is 23.8. The minimum absolute atomic E-state index is 0.0276. The fraction of sp³-hybridized carbons (Fsp3) is 0.516. The van der Waals surface area contributed by atoms with E-state index >= 15 is 0 Å². The molecular formula is C31H40N4O5. The van der Waals surface area contributed by atoms with Gasteiger partial charge in [0.25, 0.3) is 11.8 Å². The molecule has 5 rings (SSSR count). The summed E-state index contributed by atoms with van der Waals surface area (Å²) in [6.45, 7) is 11.3. The number of piperazine rings is 1. The SMILES string of the molecule is CC(C)(C)OC(=O)N1CCC(Oc2ccc(C(=O)N3CC(N4CCN(C(=O)c5ccccc5)CC4)C3)cc2)CC1. The van der Waals surface area contributed by atoms with E-state index in [4.69, 9.17) is 9.47 Å². The molecule has 40 heavy (non-hydrogen) atoms. The molecule has 0 unspecified atom stereocenters. The number of hydrogen-bond acceptors (Lipinski definition) is 6. The van der Waals surface area contributed by atoms with Crippen LogP contribution in [0, 0.1) is 0 Å². The fourth-order valence-corrected chi connectivity index (χ4v) is 5.44. The molecule has 0 aromatic heterocycles. The van der Waals surface area contributed by atoms with Crippen molar-refractivity contribution in [2.45, 2.75) is 51.4 Å². The molecule has 3 aliphatic heterocycles. The Morgan fingerprint density at radius 2 is 1.27 bits per heavy atom. The fourth-order valence-electron chi connectivity index (χ4n) is 5.44. The molecule has 0 bridgehead atoms. The first kappa shape index (κ1) is 28.0. The number of benzene rings is 2. The lowest BCUT2D eigenvalue weighted by atomic mass is 10.0. The third kappa shape index (κ3) is 6.75. The summed E-state index contributed by atoms with van der Waals surface area (Å²) in [7, 11) is 0. The summed E-state index contributed by atoms with van der Waals surface area (Å²) in [5.74, 6) is 0.854. The van der Waals surface area contributed by atoms with Gasteiger partial charge in [-0.15, -0.1) is 0 Å². The van der Waals surface area contributed by atoms with Crippen molar-refractivity contribution in [3.63, 3.8) is 0 Å². The van der Waals surface area contributed by atoms with Crippen LogP contribution in [0.3, 0.4) is 0 Å². The smallest absolute Gasteiger partial charge is 0.410 e. The summed E-state index contributed by atoms with van der Waals surface area (Å²) in [6, 6.07) is 17.1. The second kappa shape index (κ2) is 11.9. The van der Waals surface area contributed by atoms with Gasteiger partial charge in [0.1, 0.15) is 17.5 Å². The molecule has 0 atom stereocenters. The van der Waals surface area contributed by atoms with E-state index in [-0.39, 0.29) is 24.0 Å². The molecule has 2 aromatic carbocycles. The van der Waals surface area contributed by atoms with Gasteiger partial charge in [-0.25, -0.2) is 4.79 Å². The van der Waals surface area contributed by atoms with E-state index in [2.05, 4.69) is 4.90 Å². The summed E-state index contributed by atoms with van der Waals surface area (Å²) < 4.78 is 11.6. The molecule has 9 nitrogen and oxygen atoms in total. The van der Waals surface area contributed by atoms with Crippen LogP contribution in [0.4, 0.5) is 4.79 Å². The van der Waals surface area contributed by atoms with Crippen LogP contribution in [0.25, 0.3) is 0 Å². The van der Waals surface area contributed by atoms with E-state index in [1.165, 1.54) is 0 Å². The number of amides is 3. The van der Waals surface area contributed by atoms with Crippen LogP contribution in [0.5, 0.6) is 5.75 Å². The molecule has 0 saturated carbocycles. The first-order valence-electron chi connectivity index (χ1n) is 14.3. The lowest BCUT2D eigenvalue weighted by Crippen LogP contribution is -2.64. The van der Waals surface area contributed by atoms with Crippen LogP contribution >= 0.6 is 0 Å². The zero-order chi connectivity index (χ0) is 28.3. The van der Waals surface area contributed by atoms with Gasteiger partial charge in [-0.2, -0.15) is 0 Å². The number of carbonyl (C=O) groups is 3. The largest absolute Gasteiger partial charge is 0.490 e. The van der Waals surface area contributed by atoms with Crippen LogP contribution in [0.1, 0.15) is 54.3 Å². The molecule has 2 aromatic rings. The second-order valence-corrected chi connectivity index (χ2v) is 11.9. The van der Waals surface area contributed by atoms with Gasteiger partial charge in [0.15, 0.2) is 0 Å². The predicted octanol–water partition coefficient (Wildman–Crippen LogP) is 3.75. The third-order valence-electron chi connectivity index (χ3n) is 7.79. The Bertz CT molecular complexity index is 1170. The molecule has 0 aliphatic carbocycles. The molecule has 214 valence electrons. The molecule has 0 spiro atoms. The maximum Gasteiger partial charge on any atom is 0.410 e. The lowest BCUT2D eigenvalue weighted by Gasteiger charge is -2.48. The van der Waals surface area contributed by atoms with E-state index in [0.29, 0.717) is 50.9 Å². The Kier molecular flexibility index (Phi) is 8.30. The van der Waals surface area contributed by atoms with Crippen molar-refractivity contribution in [2.75, 3.05) is 52.4 Å². The molecule has 3 amide bonds. The van der Waals surface area contributed by atoms with Crippen LogP contribution < -0.4 is 4.74 Å². The summed E-state index contributed by atoms with van der Waals surface area (Å²) in [6.07, 6.45) is 1.23. The second-order valence-electron chi connectivity index (χ2n) is 11.9. The van der Waals surface area contributed by atoms with E-state index in [1.807, 2.05) is 85.2 Å². The molecule has 3 heterocycles. The highest BCUT2D eigenvalue weighted by atomic mass is 16.6. The van der Waals surface area contributed by atoms with Crippen molar-refractivity contribution >= 4 is 17.9 Å². The Morgan fingerprint density at radius 1 is 0.700 bits per heavy atom. The van der Waals surface area contributed by atoms with Crippen molar-refractivity contribution in [1.29, 1.82) is 0 Å². The number of nitrogens with zero attached hydrogens (tertiary/aromatic N) is 4. The normalized spacial score (nSPS) is 19.2. The van der Waals surface area contributed by atoms with Crippen molar-refractivity contribution in [3.8, 4) is 5.75 Å². The number of carbonyl (C=O) groups excluding carboxylic acids is 3. The lowest BCUT2D eigenvalue weighted by molar-refractivity contribution is 0.00848. The average molecular weight is 549 g/mol. The number of rotatable bonds is 5. The summed E-state index contributed by atoms with van der Waals surface area (Å²) in [4.78, 5) is 45.9. The highest BCUT2D eigenvalue weighted by Crippen LogP contribution is 2.24. The molecular weight excluding hydrogens is 508 g/mol. The van der Waals surface area contributed by atoms with E-state index in [1.54, 1.807) is 4.90 Å². The Hall–Kier alpha value is -3.59. The Balaban J connectivity index is 1.03. The number of hydrogen-bond donors (Lipinski definition) is 0. The summed E-state index contributed by atoms with van der Waals surface area (Å²) >= 11 is 0. The molecule has 3 saturated heterocycles. The predicted molar refractivity (Wildman–Crippen MR) is 152 cm³/mol. The van der Waals surface area contributed by atoms with Crippen LogP contribution in [0.2, 0.25) is 0 Å². The highest BCUT2D eigenvalue weighted by Gasteiger charge is 2.37. The van der Waals surface area contributed by atoms with Crippen molar-refractivity contribution in [2.24, 2.45) is 0 Å². The first-order valence-corrected chi connectivity index (χ1v) is 14.3. The average Bonchev–Trinajstić information content (AvgIpc) is 2.92. The van der Waals surface area contributed by atoms with Gasteiger partial charge in [0.05, 0.1) is 0 Å². The van der Waals surface area contributed by atoms with E-state index in [0.717, 1.165) is 37.2 Å². The number of ether oxygens (including phenoxy) is 2. The monoisotopic (exact) mass is 548 g/mol. The Morgan fingerprint density at radius 3 is 1.88 bits per heavy atom.